The van der Waals surface area contributed by atoms with E-state index in [4.69, 9.17) is 0 Å². The second-order valence-corrected chi connectivity index (χ2v) is 8.19. The minimum absolute atomic E-state index is 0.118. The molecule has 25 heavy (non-hydrogen) atoms. The van der Waals surface area contributed by atoms with E-state index in [1.165, 1.54) is 28.6 Å². The van der Waals surface area contributed by atoms with Crippen molar-refractivity contribution in [3.05, 3.63) is 53.8 Å². The Hall–Kier alpha value is -2.12. The average Bonchev–Trinajstić information content (AvgIpc) is 3.07. The van der Waals surface area contributed by atoms with Crippen molar-refractivity contribution < 1.29 is 12.8 Å². The molecule has 0 saturated carbocycles. The Kier molecular flexibility index (Phi) is 4.13. The summed E-state index contributed by atoms with van der Waals surface area (Å²) in [6.45, 7) is 4.25. The Morgan fingerprint density at radius 3 is 2.40 bits per heavy atom. The molecule has 0 atom stereocenters. The lowest BCUT2D eigenvalue weighted by Crippen LogP contribution is -2.43. The van der Waals surface area contributed by atoms with Crippen LogP contribution >= 0.6 is 0 Å². The zero-order valence-electron chi connectivity index (χ0n) is 13.8. The number of sulfonamides is 1. The fourth-order valence-corrected chi connectivity index (χ4v) is 4.96. The third-order valence-corrected chi connectivity index (χ3v) is 6.63. The molecule has 0 unspecified atom stereocenters. The van der Waals surface area contributed by atoms with Gasteiger partial charge < -0.3 is 10.2 Å². The van der Waals surface area contributed by atoms with E-state index in [0.717, 1.165) is 43.1 Å². The molecule has 0 spiro atoms. The summed E-state index contributed by atoms with van der Waals surface area (Å²) in [5.41, 5.74) is 2.91. The zero-order valence-corrected chi connectivity index (χ0v) is 14.6. The van der Waals surface area contributed by atoms with E-state index in [1.54, 1.807) is 0 Å². The summed E-state index contributed by atoms with van der Waals surface area (Å²) in [6, 6.07) is 11.0. The number of halogens is 1. The maximum Gasteiger partial charge on any atom is 0.264 e. The molecule has 0 radical (unpaired) electrons. The van der Waals surface area contributed by atoms with Crippen LogP contribution in [0.4, 0.5) is 15.8 Å². The second-order valence-electron chi connectivity index (χ2n) is 6.33. The molecule has 2 aromatic rings. The molecule has 2 aliphatic rings. The van der Waals surface area contributed by atoms with Crippen LogP contribution in [0.2, 0.25) is 0 Å². The lowest BCUT2D eigenvalue weighted by molar-refractivity contribution is 0.589. The predicted molar refractivity (Wildman–Crippen MR) is 96.2 cm³/mol. The minimum atomic E-state index is -3.66. The van der Waals surface area contributed by atoms with Gasteiger partial charge in [-0.05, 0) is 54.4 Å². The number of rotatable bonds is 3. The summed E-state index contributed by atoms with van der Waals surface area (Å²) in [5, 5.41) is 3.33. The number of anilines is 2. The number of hydrogen-bond acceptors (Lipinski definition) is 4. The van der Waals surface area contributed by atoms with E-state index in [9.17, 15) is 12.8 Å². The van der Waals surface area contributed by atoms with Crippen molar-refractivity contribution in [2.75, 3.05) is 41.9 Å². The summed E-state index contributed by atoms with van der Waals surface area (Å²) >= 11 is 0. The first-order chi connectivity index (χ1) is 12.1. The molecule has 2 aliphatic heterocycles. The van der Waals surface area contributed by atoms with Crippen LogP contribution in [0.3, 0.4) is 0 Å². The summed E-state index contributed by atoms with van der Waals surface area (Å²) < 4.78 is 40.3. The largest absolute Gasteiger partial charge is 0.369 e. The highest BCUT2D eigenvalue weighted by Gasteiger charge is 2.31. The average molecular weight is 361 g/mol. The third-order valence-electron chi connectivity index (χ3n) is 4.80. The number of piperazine rings is 1. The number of benzene rings is 2. The van der Waals surface area contributed by atoms with Gasteiger partial charge in [-0.15, -0.1) is 0 Å². The smallest absolute Gasteiger partial charge is 0.264 e. The van der Waals surface area contributed by atoms with Gasteiger partial charge in [-0.2, -0.15) is 0 Å². The van der Waals surface area contributed by atoms with E-state index in [0.29, 0.717) is 13.0 Å². The van der Waals surface area contributed by atoms with Crippen LogP contribution in [0.25, 0.3) is 0 Å². The van der Waals surface area contributed by atoms with Crippen LogP contribution in [-0.2, 0) is 16.4 Å². The Balaban J connectivity index is 1.64. The van der Waals surface area contributed by atoms with Crippen LogP contribution < -0.4 is 14.5 Å². The van der Waals surface area contributed by atoms with E-state index in [1.807, 2.05) is 12.1 Å². The van der Waals surface area contributed by atoms with Gasteiger partial charge >= 0.3 is 0 Å². The Labute approximate surface area is 147 Å². The zero-order chi connectivity index (χ0) is 17.4. The van der Waals surface area contributed by atoms with Gasteiger partial charge in [-0.1, -0.05) is 0 Å². The molecular formula is C18H20FN3O2S. The van der Waals surface area contributed by atoms with Gasteiger partial charge in [0, 0.05) is 38.4 Å². The summed E-state index contributed by atoms with van der Waals surface area (Å²) in [7, 11) is -3.66. The van der Waals surface area contributed by atoms with Gasteiger partial charge in [0.15, 0.2) is 0 Å². The van der Waals surface area contributed by atoms with Crippen molar-refractivity contribution in [3.8, 4) is 0 Å². The highest BCUT2D eigenvalue weighted by molar-refractivity contribution is 7.92. The van der Waals surface area contributed by atoms with Gasteiger partial charge in [-0.3, -0.25) is 4.31 Å². The summed E-state index contributed by atoms with van der Waals surface area (Å²) in [6.07, 6.45) is 0.690. The molecule has 1 saturated heterocycles. The quantitative estimate of drug-likeness (QED) is 0.908. The van der Waals surface area contributed by atoms with E-state index in [-0.39, 0.29) is 4.90 Å². The monoisotopic (exact) mass is 361 g/mol. The second kappa shape index (κ2) is 6.31. The Bertz CT molecular complexity index is 878. The number of fused-ring (bicyclic) bond motifs is 1. The molecule has 0 amide bonds. The molecular weight excluding hydrogens is 341 g/mol. The van der Waals surface area contributed by atoms with Gasteiger partial charge in [0.25, 0.3) is 10.0 Å². The fraction of sp³-hybridized carbons (Fsp3) is 0.333. The van der Waals surface area contributed by atoms with Crippen molar-refractivity contribution in [2.45, 2.75) is 11.3 Å². The highest BCUT2D eigenvalue weighted by Crippen LogP contribution is 2.35. The molecule has 0 bridgehead atoms. The molecule has 0 aromatic heterocycles. The van der Waals surface area contributed by atoms with Crippen LogP contribution in [0, 0.1) is 5.82 Å². The number of nitrogens with one attached hydrogen (secondary N) is 1. The molecule has 2 aromatic carbocycles. The van der Waals surface area contributed by atoms with Crippen molar-refractivity contribution in [1.82, 2.24) is 5.32 Å². The normalized spacial score (nSPS) is 17.6. The third kappa shape index (κ3) is 2.98. The molecule has 4 rings (SSSR count). The molecule has 7 heteroatoms. The van der Waals surface area contributed by atoms with Crippen LogP contribution in [0.15, 0.2) is 47.4 Å². The number of hydrogen-bond donors (Lipinski definition) is 1. The lowest BCUT2D eigenvalue weighted by Gasteiger charge is -2.30. The Morgan fingerprint density at radius 2 is 1.68 bits per heavy atom. The molecule has 0 aliphatic carbocycles. The summed E-state index contributed by atoms with van der Waals surface area (Å²) in [4.78, 5) is 2.43. The van der Waals surface area contributed by atoms with Crippen LogP contribution in [0.1, 0.15) is 5.56 Å². The first-order valence-corrected chi connectivity index (χ1v) is 9.87. The summed E-state index contributed by atoms with van der Waals surface area (Å²) in [5.74, 6) is -0.443. The fourth-order valence-electron chi connectivity index (χ4n) is 3.46. The highest BCUT2D eigenvalue weighted by atomic mass is 32.2. The SMILES string of the molecule is O=S(=O)(c1ccc(F)cc1)N1CCc2cc(N3CCNCC3)ccc21. The van der Waals surface area contributed by atoms with Crippen molar-refractivity contribution >= 4 is 21.4 Å². The Morgan fingerprint density at radius 1 is 0.960 bits per heavy atom. The van der Waals surface area contributed by atoms with Gasteiger partial charge in [0.2, 0.25) is 0 Å². The van der Waals surface area contributed by atoms with Crippen molar-refractivity contribution in [2.24, 2.45) is 0 Å². The standard InChI is InChI=1S/C18H20FN3O2S/c19-15-1-4-17(5-2-15)25(23,24)22-10-7-14-13-16(3-6-18(14)22)21-11-8-20-9-12-21/h1-6,13,20H,7-12H2. The van der Waals surface area contributed by atoms with Crippen LogP contribution in [-0.4, -0.2) is 41.1 Å². The molecule has 2 heterocycles. The van der Waals surface area contributed by atoms with E-state index < -0.39 is 15.8 Å². The minimum Gasteiger partial charge on any atom is -0.369 e. The molecule has 132 valence electrons. The van der Waals surface area contributed by atoms with E-state index in [2.05, 4.69) is 16.3 Å². The first-order valence-electron chi connectivity index (χ1n) is 8.42. The van der Waals surface area contributed by atoms with Gasteiger partial charge in [-0.25, -0.2) is 12.8 Å². The van der Waals surface area contributed by atoms with E-state index >= 15 is 0 Å². The molecule has 1 fully saturated rings. The maximum atomic E-state index is 13.1. The maximum absolute atomic E-state index is 13.1. The van der Waals surface area contributed by atoms with Gasteiger partial charge in [0.05, 0.1) is 10.6 Å². The van der Waals surface area contributed by atoms with Crippen molar-refractivity contribution in [1.29, 1.82) is 0 Å². The molecule has 1 N–H and O–H groups in total. The first kappa shape index (κ1) is 16.4. The molecule has 5 nitrogen and oxygen atoms in total. The topological polar surface area (TPSA) is 52.7 Å². The van der Waals surface area contributed by atoms with Gasteiger partial charge in [0.1, 0.15) is 5.82 Å². The lowest BCUT2D eigenvalue weighted by atomic mass is 10.1. The number of nitrogens with zero attached hydrogens (tertiary/aromatic N) is 2. The van der Waals surface area contributed by atoms with Crippen molar-refractivity contribution in [3.63, 3.8) is 0 Å². The predicted octanol–water partition coefficient (Wildman–Crippen LogP) is 1.99. The van der Waals surface area contributed by atoms with Crippen LogP contribution in [0.5, 0.6) is 0 Å².